The number of aromatic nitrogens is 2. The molecule has 0 spiro atoms. The Morgan fingerprint density at radius 2 is 2.00 bits per heavy atom. The summed E-state index contributed by atoms with van der Waals surface area (Å²) < 4.78 is 5.12. The topological polar surface area (TPSA) is 67.3 Å². The molecular weight excluding hydrogens is 278 g/mol. The lowest BCUT2D eigenvalue weighted by molar-refractivity contribution is 0.208. The van der Waals surface area contributed by atoms with E-state index in [9.17, 15) is 5.11 Å². The zero-order valence-electron chi connectivity index (χ0n) is 11.3. The van der Waals surface area contributed by atoms with Gasteiger partial charge in [-0.15, -0.1) is 0 Å². The molecule has 20 heavy (non-hydrogen) atoms. The first-order valence-electron chi connectivity index (χ1n) is 6.19. The fraction of sp³-hybridized carbons (Fsp3) is 0.286. The summed E-state index contributed by atoms with van der Waals surface area (Å²) in [5.74, 6) is 1.17. The number of halogens is 1. The number of methoxy groups -OCH3 is 1. The monoisotopic (exact) mass is 293 g/mol. The van der Waals surface area contributed by atoms with E-state index in [0.717, 1.165) is 11.3 Å². The van der Waals surface area contributed by atoms with Crippen molar-refractivity contribution in [3.63, 3.8) is 0 Å². The largest absolute Gasteiger partial charge is 0.497 e. The average Bonchev–Trinajstić information content (AvgIpc) is 2.44. The van der Waals surface area contributed by atoms with Crippen molar-refractivity contribution in [1.82, 2.24) is 9.97 Å². The van der Waals surface area contributed by atoms with Crippen LogP contribution in [-0.2, 0) is 0 Å². The molecule has 2 aromatic rings. The number of nitrogens with zero attached hydrogens (tertiary/aromatic N) is 2. The molecule has 1 unspecified atom stereocenters. The van der Waals surface area contributed by atoms with Gasteiger partial charge in [-0.3, -0.25) is 0 Å². The number of ether oxygens (including phenoxy) is 1. The Morgan fingerprint density at radius 3 is 2.60 bits per heavy atom. The van der Waals surface area contributed by atoms with E-state index in [0.29, 0.717) is 23.3 Å². The van der Waals surface area contributed by atoms with Gasteiger partial charge in [-0.25, -0.2) is 9.97 Å². The van der Waals surface area contributed by atoms with E-state index in [-0.39, 0.29) is 0 Å². The molecule has 1 heterocycles. The van der Waals surface area contributed by atoms with Gasteiger partial charge >= 0.3 is 0 Å². The summed E-state index contributed by atoms with van der Waals surface area (Å²) >= 11 is 6.00. The van der Waals surface area contributed by atoms with E-state index in [2.05, 4.69) is 15.3 Å². The van der Waals surface area contributed by atoms with Crippen molar-refractivity contribution < 1.29 is 9.84 Å². The Labute approximate surface area is 122 Å². The summed E-state index contributed by atoms with van der Waals surface area (Å²) in [7, 11) is 1.62. The molecule has 2 rings (SSSR count). The highest BCUT2D eigenvalue weighted by molar-refractivity contribution is 6.29. The van der Waals surface area contributed by atoms with Gasteiger partial charge in [0.2, 0.25) is 5.95 Å². The second-order valence-electron chi connectivity index (χ2n) is 4.36. The van der Waals surface area contributed by atoms with E-state index < -0.39 is 6.10 Å². The molecule has 2 N–H and O–H groups in total. The van der Waals surface area contributed by atoms with Crippen LogP contribution in [0.15, 0.2) is 30.3 Å². The quantitative estimate of drug-likeness (QED) is 0.830. The lowest BCUT2D eigenvalue weighted by Crippen LogP contribution is -2.17. The molecule has 106 valence electrons. The molecule has 0 bridgehead atoms. The molecule has 0 amide bonds. The molecule has 1 aromatic carbocycles. The Kier molecular flexibility index (Phi) is 4.76. The van der Waals surface area contributed by atoms with Crippen LogP contribution in [0.1, 0.15) is 6.92 Å². The number of rotatable bonds is 5. The fourth-order valence-corrected chi connectivity index (χ4v) is 1.83. The van der Waals surface area contributed by atoms with Crippen molar-refractivity contribution in [3.8, 4) is 17.0 Å². The summed E-state index contributed by atoms with van der Waals surface area (Å²) in [6.45, 7) is 2.05. The summed E-state index contributed by atoms with van der Waals surface area (Å²) in [6.07, 6.45) is -0.484. The van der Waals surface area contributed by atoms with E-state index >= 15 is 0 Å². The highest BCUT2D eigenvalue weighted by atomic mass is 35.5. The molecular formula is C14H16ClN3O2. The van der Waals surface area contributed by atoms with E-state index in [1.807, 2.05) is 24.3 Å². The minimum atomic E-state index is -0.484. The van der Waals surface area contributed by atoms with Crippen molar-refractivity contribution in [3.05, 3.63) is 35.5 Å². The second-order valence-corrected chi connectivity index (χ2v) is 4.75. The van der Waals surface area contributed by atoms with E-state index in [4.69, 9.17) is 16.3 Å². The standard InChI is InChI=1S/C14H16ClN3O2/c1-9(19)8-16-14-17-12(7-13(15)18-14)10-3-5-11(20-2)6-4-10/h3-7,9,19H,8H2,1-2H3,(H,16,17,18). The number of benzene rings is 1. The third-order valence-electron chi connectivity index (χ3n) is 2.64. The van der Waals surface area contributed by atoms with Gasteiger partial charge in [-0.1, -0.05) is 11.6 Å². The highest BCUT2D eigenvalue weighted by Crippen LogP contribution is 2.23. The van der Waals surface area contributed by atoms with Crippen LogP contribution in [0.2, 0.25) is 5.15 Å². The van der Waals surface area contributed by atoms with Gasteiger partial charge in [0.25, 0.3) is 0 Å². The highest BCUT2D eigenvalue weighted by Gasteiger charge is 2.06. The third-order valence-corrected chi connectivity index (χ3v) is 2.83. The molecule has 0 fully saturated rings. The van der Waals surface area contributed by atoms with Crippen LogP contribution in [0.25, 0.3) is 11.3 Å². The normalized spacial score (nSPS) is 12.0. The lowest BCUT2D eigenvalue weighted by Gasteiger charge is -2.09. The molecule has 0 aliphatic carbocycles. The van der Waals surface area contributed by atoms with Crippen molar-refractivity contribution in [2.75, 3.05) is 19.0 Å². The Bertz CT molecular complexity index is 573. The van der Waals surface area contributed by atoms with Crippen LogP contribution in [0, 0.1) is 0 Å². The van der Waals surface area contributed by atoms with Crippen LogP contribution < -0.4 is 10.1 Å². The van der Waals surface area contributed by atoms with Crippen molar-refractivity contribution in [2.45, 2.75) is 13.0 Å². The average molecular weight is 294 g/mol. The summed E-state index contributed by atoms with van der Waals surface area (Å²) in [6, 6.07) is 9.20. The maximum absolute atomic E-state index is 9.26. The molecule has 6 heteroatoms. The molecule has 0 aliphatic rings. The van der Waals surface area contributed by atoms with Crippen molar-refractivity contribution in [1.29, 1.82) is 0 Å². The fourth-order valence-electron chi connectivity index (χ4n) is 1.65. The maximum atomic E-state index is 9.26. The zero-order valence-corrected chi connectivity index (χ0v) is 12.1. The maximum Gasteiger partial charge on any atom is 0.224 e. The first kappa shape index (κ1) is 14.6. The van der Waals surface area contributed by atoms with Gasteiger partial charge in [0.05, 0.1) is 18.9 Å². The predicted molar refractivity (Wildman–Crippen MR) is 79.2 cm³/mol. The minimum Gasteiger partial charge on any atom is -0.497 e. The van der Waals surface area contributed by atoms with Crippen molar-refractivity contribution in [2.24, 2.45) is 0 Å². The molecule has 1 aromatic heterocycles. The van der Waals surface area contributed by atoms with Gasteiger partial charge in [0.1, 0.15) is 10.9 Å². The number of aliphatic hydroxyl groups excluding tert-OH is 1. The van der Waals surface area contributed by atoms with Crippen LogP contribution >= 0.6 is 11.6 Å². The molecule has 0 radical (unpaired) electrons. The Hall–Kier alpha value is -1.85. The number of anilines is 1. The van der Waals surface area contributed by atoms with Crippen molar-refractivity contribution >= 4 is 17.5 Å². The molecule has 0 saturated carbocycles. The Morgan fingerprint density at radius 1 is 1.30 bits per heavy atom. The smallest absolute Gasteiger partial charge is 0.224 e. The summed E-state index contributed by atoms with van der Waals surface area (Å²) in [4.78, 5) is 8.45. The number of hydrogen-bond acceptors (Lipinski definition) is 5. The molecule has 1 atom stereocenters. The number of hydrogen-bond donors (Lipinski definition) is 2. The lowest BCUT2D eigenvalue weighted by atomic mass is 10.1. The van der Waals surface area contributed by atoms with Crippen LogP contribution in [0.4, 0.5) is 5.95 Å². The molecule has 5 nitrogen and oxygen atoms in total. The minimum absolute atomic E-state index is 0.346. The van der Waals surface area contributed by atoms with E-state index in [1.54, 1.807) is 20.1 Å². The number of nitrogens with one attached hydrogen (secondary N) is 1. The van der Waals surface area contributed by atoms with Gasteiger partial charge in [0, 0.05) is 18.2 Å². The first-order chi connectivity index (χ1) is 9.58. The molecule has 0 saturated heterocycles. The second kappa shape index (κ2) is 6.54. The third kappa shape index (κ3) is 3.82. The van der Waals surface area contributed by atoms with E-state index in [1.165, 1.54) is 0 Å². The summed E-state index contributed by atoms with van der Waals surface area (Å²) in [5, 5.41) is 12.5. The van der Waals surface area contributed by atoms with Gasteiger partial charge < -0.3 is 15.2 Å². The zero-order chi connectivity index (χ0) is 14.5. The first-order valence-corrected chi connectivity index (χ1v) is 6.57. The number of aliphatic hydroxyl groups is 1. The Balaban J connectivity index is 2.26. The van der Waals surface area contributed by atoms with Crippen LogP contribution in [-0.4, -0.2) is 34.8 Å². The van der Waals surface area contributed by atoms with Crippen LogP contribution in [0.3, 0.4) is 0 Å². The van der Waals surface area contributed by atoms with Gasteiger partial charge in [0.15, 0.2) is 0 Å². The summed E-state index contributed by atoms with van der Waals surface area (Å²) in [5.41, 5.74) is 1.62. The van der Waals surface area contributed by atoms with Crippen LogP contribution in [0.5, 0.6) is 5.75 Å². The predicted octanol–water partition coefficient (Wildman–Crippen LogP) is 2.60. The van der Waals surface area contributed by atoms with Gasteiger partial charge in [-0.05, 0) is 31.2 Å². The molecule has 0 aliphatic heterocycles. The SMILES string of the molecule is COc1ccc(-c2cc(Cl)nc(NCC(C)O)n2)cc1. The van der Waals surface area contributed by atoms with Gasteiger partial charge in [-0.2, -0.15) is 0 Å².